The van der Waals surface area contributed by atoms with E-state index in [2.05, 4.69) is 5.32 Å². The number of nitrogens with zero attached hydrogens (tertiary/aromatic N) is 1. The zero-order valence-electron chi connectivity index (χ0n) is 10.3. The molecule has 17 heavy (non-hydrogen) atoms. The average molecular weight is 236 g/mol. The van der Waals surface area contributed by atoms with E-state index in [-0.39, 0.29) is 5.91 Å². The lowest BCUT2D eigenvalue weighted by Gasteiger charge is -2.31. The molecule has 1 fully saturated rings. The molecule has 1 unspecified atom stereocenters. The van der Waals surface area contributed by atoms with Crippen LogP contribution in [0.3, 0.4) is 0 Å². The van der Waals surface area contributed by atoms with Gasteiger partial charge in [-0.1, -0.05) is 0 Å². The fourth-order valence-electron chi connectivity index (χ4n) is 2.23. The number of furan rings is 1. The molecule has 2 heterocycles. The van der Waals surface area contributed by atoms with E-state index in [1.54, 1.807) is 6.26 Å². The molecule has 1 N–H and O–H groups in total. The van der Waals surface area contributed by atoms with Crippen LogP contribution in [0.15, 0.2) is 22.8 Å². The van der Waals surface area contributed by atoms with E-state index in [1.807, 2.05) is 24.1 Å². The molecule has 1 aromatic rings. The third-order valence-corrected chi connectivity index (χ3v) is 3.38. The zero-order valence-corrected chi connectivity index (χ0v) is 10.3. The van der Waals surface area contributed by atoms with Gasteiger partial charge in [0.25, 0.3) is 0 Å². The van der Waals surface area contributed by atoms with E-state index < -0.39 is 0 Å². The third kappa shape index (κ3) is 3.33. The Morgan fingerprint density at radius 3 is 3.18 bits per heavy atom. The summed E-state index contributed by atoms with van der Waals surface area (Å²) in [5.41, 5.74) is 0. The predicted octanol–water partition coefficient (Wildman–Crippen LogP) is 1.42. The molecule has 0 aromatic carbocycles. The van der Waals surface area contributed by atoms with Gasteiger partial charge < -0.3 is 14.6 Å². The van der Waals surface area contributed by atoms with Crippen LogP contribution in [-0.2, 0) is 11.2 Å². The van der Waals surface area contributed by atoms with E-state index in [4.69, 9.17) is 4.42 Å². The minimum Gasteiger partial charge on any atom is -0.469 e. The number of likely N-dealkylation sites (N-methyl/N-ethyl adjacent to an activating group) is 1. The largest absolute Gasteiger partial charge is 0.469 e. The molecule has 1 aliphatic heterocycles. The lowest BCUT2D eigenvalue weighted by molar-refractivity contribution is -0.132. The predicted molar refractivity (Wildman–Crippen MR) is 65.7 cm³/mol. The Morgan fingerprint density at radius 1 is 1.65 bits per heavy atom. The summed E-state index contributed by atoms with van der Waals surface area (Å²) in [6, 6.07) is 4.12. The van der Waals surface area contributed by atoms with Crippen LogP contribution in [0.4, 0.5) is 0 Å². The maximum absolute atomic E-state index is 12.0. The maximum Gasteiger partial charge on any atom is 0.223 e. The van der Waals surface area contributed by atoms with Crippen molar-refractivity contribution in [2.75, 3.05) is 20.1 Å². The van der Waals surface area contributed by atoms with Gasteiger partial charge in [0.15, 0.2) is 0 Å². The van der Waals surface area contributed by atoms with Crippen molar-refractivity contribution >= 4 is 5.91 Å². The van der Waals surface area contributed by atoms with Crippen LogP contribution in [0.1, 0.15) is 25.0 Å². The number of rotatable bonds is 4. The number of nitrogens with one attached hydrogen (secondary N) is 1. The second kappa shape index (κ2) is 5.87. The van der Waals surface area contributed by atoms with Crippen molar-refractivity contribution in [1.82, 2.24) is 10.2 Å². The van der Waals surface area contributed by atoms with Gasteiger partial charge in [-0.05, 0) is 31.5 Å². The summed E-state index contributed by atoms with van der Waals surface area (Å²) in [5, 5.41) is 3.33. The summed E-state index contributed by atoms with van der Waals surface area (Å²) in [5.74, 6) is 1.09. The lowest BCUT2D eigenvalue weighted by atomic mass is 10.1. The number of carbonyl (C=O) groups is 1. The maximum atomic E-state index is 12.0. The molecule has 1 atom stereocenters. The van der Waals surface area contributed by atoms with E-state index in [9.17, 15) is 4.79 Å². The first kappa shape index (κ1) is 12.2. The van der Waals surface area contributed by atoms with Crippen molar-refractivity contribution in [2.24, 2.45) is 0 Å². The van der Waals surface area contributed by atoms with Gasteiger partial charge in [-0.15, -0.1) is 0 Å². The molecule has 0 bridgehead atoms. The number of aryl methyl sites for hydroxylation is 1. The molecule has 0 saturated carbocycles. The smallest absolute Gasteiger partial charge is 0.223 e. The topological polar surface area (TPSA) is 45.5 Å². The Morgan fingerprint density at radius 2 is 2.53 bits per heavy atom. The van der Waals surface area contributed by atoms with Gasteiger partial charge in [0.2, 0.25) is 5.91 Å². The fraction of sp³-hybridized carbons (Fsp3) is 0.615. The summed E-state index contributed by atoms with van der Waals surface area (Å²) in [6.45, 7) is 1.99. The standard InChI is InChI=1S/C13H20N2O2/c1-15(11-4-2-8-14-10-11)13(16)7-6-12-5-3-9-17-12/h3,5,9,11,14H,2,4,6-8,10H2,1H3. The first-order valence-corrected chi connectivity index (χ1v) is 6.26. The molecule has 1 aromatic heterocycles. The molecule has 0 spiro atoms. The molecule has 4 nitrogen and oxygen atoms in total. The summed E-state index contributed by atoms with van der Waals surface area (Å²) in [7, 11) is 1.90. The molecule has 1 amide bonds. The van der Waals surface area contributed by atoms with E-state index in [0.717, 1.165) is 31.7 Å². The minimum atomic E-state index is 0.204. The van der Waals surface area contributed by atoms with Gasteiger partial charge in [0.1, 0.15) is 5.76 Å². The second-order valence-corrected chi connectivity index (χ2v) is 4.58. The molecule has 0 aliphatic carbocycles. The molecule has 2 rings (SSSR count). The normalized spacial score (nSPS) is 20.2. The van der Waals surface area contributed by atoms with Crippen LogP contribution < -0.4 is 5.32 Å². The van der Waals surface area contributed by atoms with Crippen molar-refractivity contribution in [3.8, 4) is 0 Å². The Labute approximate surface area is 102 Å². The van der Waals surface area contributed by atoms with Crippen LogP contribution in [0.5, 0.6) is 0 Å². The highest BCUT2D eigenvalue weighted by Gasteiger charge is 2.21. The summed E-state index contributed by atoms with van der Waals surface area (Å²) < 4.78 is 5.23. The fourth-order valence-corrected chi connectivity index (χ4v) is 2.23. The lowest BCUT2D eigenvalue weighted by Crippen LogP contribution is -2.46. The first-order chi connectivity index (χ1) is 8.27. The monoisotopic (exact) mass is 236 g/mol. The van der Waals surface area contributed by atoms with Crippen molar-refractivity contribution in [3.63, 3.8) is 0 Å². The molecular formula is C13H20N2O2. The minimum absolute atomic E-state index is 0.204. The highest BCUT2D eigenvalue weighted by molar-refractivity contribution is 5.76. The van der Waals surface area contributed by atoms with Crippen LogP contribution in [-0.4, -0.2) is 37.0 Å². The van der Waals surface area contributed by atoms with Crippen molar-refractivity contribution in [1.29, 1.82) is 0 Å². The number of hydrogen-bond acceptors (Lipinski definition) is 3. The van der Waals surface area contributed by atoms with Gasteiger partial charge in [0.05, 0.1) is 6.26 Å². The summed E-state index contributed by atoms with van der Waals surface area (Å²) in [4.78, 5) is 13.9. The Kier molecular flexibility index (Phi) is 4.20. The SMILES string of the molecule is CN(C(=O)CCc1ccco1)C1CCCNC1. The van der Waals surface area contributed by atoms with Gasteiger partial charge in [0, 0.05) is 32.5 Å². The Balaban J connectivity index is 1.78. The van der Waals surface area contributed by atoms with E-state index >= 15 is 0 Å². The van der Waals surface area contributed by atoms with E-state index in [1.165, 1.54) is 0 Å². The number of piperidine rings is 1. The summed E-state index contributed by atoms with van der Waals surface area (Å²) in [6.07, 6.45) is 5.13. The molecule has 1 saturated heterocycles. The quantitative estimate of drug-likeness (QED) is 0.860. The van der Waals surface area contributed by atoms with Crippen molar-refractivity contribution in [2.45, 2.75) is 31.7 Å². The average Bonchev–Trinajstić information content (AvgIpc) is 2.89. The molecule has 94 valence electrons. The van der Waals surface area contributed by atoms with E-state index in [0.29, 0.717) is 18.9 Å². The van der Waals surface area contributed by atoms with Crippen LogP contribution in [0, 0.1) is 0 Å². The van der Waals surface area contributed by atoms with Gasteiger partial charge in [-0.25, -0.2) is 0 Å². The molecular weight excluding hydrogens is 216 g/mol. The number of hydrogen-bond donors (Lipinski definition) is 1. The van der Waals surface area contributed by atoms with Gasteiger partial charge in [-0.3, -0.25) is 4.79 Å². The zero-order chi connectivity index (χ0) is 12.1. The van der Waals surface area contributed by atoms with Crippen LogP contribution in [0.2, 0.25) is 0 Å². The molecule has 1 aliphatic rings. The number of carbonyl (C=O) groups excluding carboxylic acids is 1. The van der Waals surface area contributed by atoms with Gasteiger partial charge >= 0.3 is 0 Å². The first-order valence-electron chi connectivity index (χ1n) is 6.26. The molecule has 0 radical (unpaired) electrons. The Bertz CT molecular complexity index is 342. The Hall–Kier alpha value is -1.29. The van der Waals surface area contributed by atoms with Crippen LogP contribution in [0.25, 0.3) is 0 Å². The van der Waals surface area contributed by atoms with Crippen molar-refractivity contribution in [3.05, 3.63) is 24.2 Å². The highest BCUT2D eigenvalue weighted by atomic mass is 16.3. The second-order valence-electron chi connectivity index (χ2n) is 4.58. The third-order valence-electron chi connectivity index (χ3n) is 3.38. The number of amides is 1. The van der Waals surface area contributed by atoms with Crippen LogP contribution >= 0.6 is 0 Å². The highest BCUT2D eigenvalue weighted by Crippen LogP contribution is 2.11. The molecule has 4 heteroatoms. The van der Waals surface area contributed by atoms with Crippen molar-refractivity contribution < 1.29 is 9.21 Å². The van der Waals surface area contributed by atoms with Gasteiger partial charge in [-0.2, -0.15) is 0 Å². The summed E-state index contributed by atoms with van der Waals surface area (Å²) >= 11 is 0.